The van der Waals surface area contributed by atoms with Crippen LogP contribution in [0.4, 0.5) is 0 Å². The molecule has 4 heteroatoms. The van der Waals surface area contributed by atoms with E-state index in [9.17, 15) is 4.79 Å². The van der Waals surface area contributed by atoms with Gasteiger partial charge in [-0.15, -0.1) is 11.3 Å². The molecule has 3 N–H and O–H groups in total. The van der Waals surface area contributed by atoms with Crippen molar-refractivity contribution in [3.63, 3.8) is 0 Å². The standard InChI is InChI=1S/C14H22N2OS/c1-2-10-8-9-13(18-10)14(17)16-12-7-5-3-4-6-11(12)15/h8-9,11-12H,2-7,15H2,1H3,(H,16,17). The molecule has 0 saturated heterocycles. The number of nitrogens with two attached hydrogens (primary N) is 1. The molecule has 1 amide bonds. The molecule has 0 aliphatic heterocycles. The molecule has 1 aromatic heterocycles. The van der Waals surface area contributed by atoms with E-state index in [-0.39, 0.29) is 18.0 Å². The number of thiophene rings is 1. The van der Waals surface area contributed by atoms with Crippen LogP contribution in [0.3, 0.4) is 0 Å². The lowest BCUT2D eigenvalue weighted by Crippen LogP contribution is -2.46. The number of hydrogen-bond donors (Lipinski definition) is 2. The van der Waals surface area contributed by atoms with Crippen LogP contribution in [0.2, 0.25) is 0 Å². The topological polar surface area (TPSA) is 55.1 Å². The van der Waals surface area contributed by atoms with Crippen molar-refractivity contribution in [1.29, 1.82) is 0 Å². The molecule has 0 bridgehead atoms. The average molecular weight is 266 g/mol. The van der Waals surface area contributed by atoms with Gasteiger partial charge in [0.1, 0.15) is 0 Å². The summed E-state index contributed by atoms with van der Waals surface area (Å²) in [6.45, 7) is 2.11. The van der Waals surface area contributed by atoms with Gasteiger partial charge in [-0.1, -0.05) is 26.2 Å². The van der Waals surface area contributed by atoms with E-state index in [2.05, 4.69) is 12.2 Å². The zero-order valence-corrected chi connectivity index (χ0v) is 11.8. The van der Waals surface area contributed by atoms with E-state index >= 15 is 0 Å². The first-order valence-electron chi connectivity index (χ1n) is 6.86. The van der Waals surface area contributed by atoms with Crippen molar-refractivity contribution in [2.24, 2.45) is 5.73 Å². The Morgan fingerprint density at radius 1 is 1.39 bits per heavy atom. The highest BCUT2D eigenvalue weighted by atomic mass is 32.1. The van der Waals surface area contributed by atoms with E-state index in [0.29, 0.717) is 0 Å². The number of amides is 1. The van der Waals surface area contributed by atoms with Crippen LogP contribution >= 0.6 is 11.3 Å². The van der Waals surface area contributed by atoms with Gasteiger partial charge in [0, 0.05) is 17.0 Å². The van der Waals surface area contributed by atoms with Crippen LogP contribution in [-0.4, -0.2) is 18.0 Å². The SMILES string of the molecule is CCc1ccc(C(=O)NC2CCCCCC2N)s1. The van der Waals surface area contributed by atoms with Crippen LogP contribution < -0.4 is 11.1 Å². The predicted molar refractivity (Wildman–Crippen MR) is 76.0 cm³/mol. The van der Waals surface area contributed by atoms with E-state index in [4.69, 9.17) is 5.73 Å². The first kappa shape index (κ1) is 13.6. The summed E-state index contributed by atoms with van der Waals surface area (Å²) in [6.07, 6.45) is 6.62. The largest absolute Gasteiger partial charge is 0.347 e. The third-order valence-electron chi connectivity index (χ3n) is 3.62. The quantitative estimate of drug-likeness (QED) is 0.826. The normalized spacial score (nSPS) is 24.6. The first-order valence-corrected chi connectivity index (χ1v) is 7.67. The van der Waals surface area contributed by atoms with E-state index in [1.807, 2.05) is 12.1 Å². The lowest BCUT2D eigenvalue weighted by Gasteiger charge is -2.22. The predicted octanol–water partition coefficient (Wildman–Crippen LogP) is 2.70. The lowest BCUT2D eigenvalue weighted by atomic mass is 10.0. The molecule has 100 valence electrons. The van der Waals surface area contributed by atoms with Gasteiger partial charge in [-0.05, 0) is 31.4 Å². The van der Waals surface area contributed by atoms with Crippen molar-refractivity contribution < 1.29 is 4.79 Å². The number of carbonyl (C=O) groups excluding carboxylic acids is 1. The molecule has 1 aliphatic rings. The molecule has 3 nitrogen and oxygen atoms in total. The zero-order chi connectivity index (χ0) is 13.0. The number of rotatable bonds is 3. The zero-order valence-electron chi connectivity index (χ0n) is 10.9. The molecule has 0 spiro atoms. The van der Waals surface area contributed by atoms with Crippen LogP contribution in [0, 0.1) is 0 Å². The van der Waals surface area contributed by atoms with Gasteiger partial charge in [0.05, 0.1) is 4.88 Å². The minimum atomic E-state index is 0.0436. The van der Waals surface area contributed by atoms with Crippen molar-refractivity contribution in [3.8, 4) is 0 Å². The van der Waals surface area contributed by atoms with Crippen molar-refractivity contribution >= 4 is 17.2 Å². The van der Waals surface area contributed by atoms with Crippen LogP contribution in [0.1, 0.15) is 53.6 Å². The van der Waals surface area contributed by atoms with Gasteiger partial charge in [-0.2, -0.15) is 0 Å². The number of nitrogens with one attached hydrogen (secondary N) is 1. The van der Waals surface area contributed by atoms with E-state index in [1.54, 1.807) is 11.3 Å². The second-order valence-corrected chi connectivity index (χ2v) is 6.17. The maximum atomic E-state index is 12.1. The Hall–Kier alpha value is -0.870. The van der Waals surface area contributed by atoms with Gasteiger partial charge in [0.25, 0.3) is 5.91 Å². The third kappa shape index (κ3) is 3.33. The Labute approximate surface area is 113 Å². The smallest absolute Gasteiger partial charge is 0.261 e. The van der Waals surface area contributed by atoms with Gasteiger partial charge in [-0.3, -0.25) is 4.79 Å². The van der Waals surface area contributed by atoms with Gasteiger partial charge >= 0.3 is 0 Å². The Bertz CT molecular complexity index is 402. The summed E-state index contributed by atoms with van der Waals surface area (Å²) in [7, 11) is 0. The minimum Gasteiger partial charge on any atom is -0.347 e. The summed E-state index contributed by atoms with van der Waals surface area (Å²) in [4.78, 5) is 14.2. The van der Waals surface area contributed by atoms with Crippen molar-refractivity contribution in [3.05, 3.63) is 21.9 Å². The first-order chi connectivity index (χ1) is 8.70. The fourth-order valence-corrected chi connectivity index (χ4v) is 3.30. The average Bonchev–Trinajstić information content (AvgIpc) is 2.77. The highest BCUT2D eigenvalue weighted by Crippen LogP contribution is 2.20. The van der Waals surface area contributed by atoms with E-state index in [1.165, 1.54) is 24.1 Å². The Morgan fingerprint density at radius 2 is 2.17 bits per heavy atom. The molecular weight excluding hydrogens is 244 g/mol. The van der Waals surface area contributed by atoms with Crippen molar-refractivity contribution in [2.45, 2.75) is 57.5 Å². The monoisotopic (exact) mass is 266 g/mol. The van der Waals surface area contributed by atoms with Crippen LogP contribution in [0.15, 0.2) is 12.1 Å². The van der Waals surface area contributed by atoms with E-state index in [0.717, 1.165) is 24.1 Å². The minimum absolute atomic E-state index is 0.0436. The molecule has 1 heterocycles. The summed E-state index contributed by atoms with van der Waals surface area (Å²) < 4.78 is 0. The summed E-state index contributed by atoms with van der Waals surface area (Å²) in [6, 6.07) is 4.21. The molecule has 1 fully saturated rings. The van der Waals surface area contributed by atoms with Crippen molar-refractivity contribution in [2.75, 3.05) is 0 Å². The second-order valence-electron chi connectivity index (χ2n) is 5.00. The van der Waals surface area contributed by atoms with Crippen LogP contribution in [0.25, 0.3) is 0 Å². The summed E-state index contributed by atoms with van der Waals surface area (Å²) >= 11 is 1.58. The fourth-order valence-electron chi connectivity index (χ4n) is 2.45. The van der Waals surface area contributed by atoms with E-state index < -0.39 is 0 Å². The number of aryl methyl sites for hydroxylation is 1. The Kier molecular flexibility index (Phi) is 4.78. The van der Waals surface area contributed by atoms with Crippen molar-refractivity contribution in [1.82, 2.24) is 5.32 Å². The third-order valence-corrected chi connectivity index (χ3v) is 4.85. The summed E-state index contributed by atoms with van der Waals surface area (Å²) in [5, 5.41) is 3.11. The summed E-state index contributed by atoms with van der Waals surface area (Å²) in [5.41, 5.74) is 6.13. The summed E-state index contributed by atoms with van der Waals surface area (Å²) in [5.74, 6) is 0.0436. The molecule has 0 radical (unpaired) electrons. The fraction of sp³-hybridized carbons (Fsp3) is 0.643. The molecule has 0 aromatic carbocycles. The number of hydrogen-bond acceptors (Lipinski definition) is 3. The molecule has 1 aliphatic carbocycles. The van der Waals surface area contributed by atoms with Gasteiger partial charge < -0.3 is 11.1 Å². The van der Waals surface area contributed by atoms with Crippen LogP contribution in [-0.2, 0) is 6.42 Å². The molecular formula is C14H22N2OS. The molecule has 1 saturated carbocycles. The lowest BCUT2D eigenvalue weighted by molar-refractivity contribution is 0.0933. The molecule has 18 heavy (non-hydrogen) atoms. The highest BCUT2D eigenvalue weighted by Gasteiger charge is 2.22. The maximum Gasteiger partial charge on any atom is 0.261 e. The molecule has 1 aromatic rings. The maximum absolute atomic E-state index is 12.1. The molecule has 2 unspecified atom stereocenters. The van der Waals surface area contributed by atoms with Crippen LogP contribution in [0.5, 0.6) is 0 Å². The Morgan fingerprint density at radius 3 is 2.89 bits per heavy atom. The highest BCUT2D eigenvalue weighted by molar-refractivity contribution is 7.14. The van der Waals surface area contributed by atoms with Gasteiger partial charge in [-0.25, -0.2) is 0 Å². The molecule has 2 rings (SSSR count). The Balaban J connectivity index is 1.97. The van der Waals surface area contributed by atoms with Gasteiger partial charge in [0.15, 0.2) is 0 Å². The number of carbonyl (C=O) groups is 1. The second kappa shape index (κ2) is 6.34. The molecule has 2 atom stereocenters. The van der Waals surface area contributed by atoms with Gasteiger partial charge in [0.2, 0.25) is 0 Å².